The third kappa shape index (κ3) is 7.44. The fourth-order valence-corrected chi connectivity index (χ4v) is 3.00. The van der Waals surface area contributed by atoms with Gasteiger partial charge in [-0.25, -0.2) is 5.43 Å². The fourth-order valence-electron chi connectivity index (χ4n) is 2.54. The Morgan fingerprint density at radius 1 is 0.935 bits per heavy atom. The molecule has 158 valence electrons. The van der Waals surface area contributed by atoms with Crippen LogP contribution in [0.15, 0.2) is 77.9 Å². The lowest BCUT2D eigenvalue weighted by Crippen LogP contribution is -2.24. The Morgan fingerprint density at radius 3 is 2.39 bits per heavy atom. The predicted molar refractivity (Wildman–Crippen MR) is 123 cm³/mol. The van der Waals surface area contributed by atoms with Crippen LogP contribution in [-0.4, -0.2) is 18.0 Å². The van der Waals surface area contributed by atoms with E-state index < -0.39 is 11.8 Å². The molecule has 2 N–H and O–H groups in total. The highest BCUT2D eigenvalue weighted by Crippen LogP contribution is 2.22. The van der Waals surface area contributed by atoms with Crippen molar-refractivity contribution in [2.24, 2.45) is 5.10 Å². The van der Waals surface area contributed by atoms with E-state index >= 15 is 0 Å². The number of nitrogens with zero attached hydrogens (tertiary/aromatic N) is 1. The monoisotopic (exact) mass is 455 g/mol. The third-order valence-corrected chi connectivity index (χ3v) is 4.66. The van der Waals surface area contributed by atoms with Crippen LogP contribution in [0, 0.1) is 0 Å². The van der Waals surface area contributed by atoms with Gasteiger partial charge >= 0.3 is 0 Å². The number of hydrogen-bond donors (Lipinski definition) is 2. The van der Waals surface area contributed by atoms with Crippen molar-refractivity contribution < 1.29 is 14.3 Å². The van der Waals surface area contributed by atoms with Crippen LogP contribution in [0.2, 0.25) is 10.0 Å². The van der Waals surface area contributed by atoms with Crippen LogP contribution in [0.5, 0.6) is 5.75 Å². The minimum absolute atomic E-state index is 0.310. The SMILES string of the molecule is O=C(CC(=O)Nc1ccccc1)NN=Cc1ccc(OCc2ccc(Cl)cc2Cl)cc1. The van der Waals surface area contributed by atoms with Crippen molar-refractivity contribution in [1.82, 2.24) is 5.43 Å². The van der Waals surface area contributed by atoms with E-state index in [4.69, 9.17) is 27.9 Å². The zero-order valence-electron chi connectivity index (χ0n) is 16.3. The number of halogens is 2. The molecule has 0 spiro atoms. The number of carbonyl (C=O) groups excluding carboxylic acids is 2. The third-order valence-electron chi connectivity index (χ3n) is 4.07. The van der Waals surface area contributed by atoms with Gasteiger partial charge in [0.25, 0.3) is 0 Å². The van der Waals surface area contributed by atoms with Crippen molar-refractivity contribution in [3.05, 3.63) is 94.0 Å². The maximum Gasteiger partial charge on any atom is 0.249 e. The van der Waals surface area contributed by atoms with Gasteiger partial charge in [0.15, 0.2) is 0 Å². The number of hydrogen-bond acceptors (Lipinski definition) is 4. The van der Waals surface area contributed by atoms with E-state index in [0.29, 0.717) is 28.1 Å². The Balaban J connectivity index is 1.43. The first-order chi connectivity index (χ1) is 15.0. The van der Waals surface area contributed by atoms with Crippen LogP contribution < -0.4 is 15.5 Å². The van der Waals surface area contributed by atoms with Crippen LogP contribution in [0.25, 0.3) is 0 Å². The molecular formula is C23H19Cl2N3O3. The molecule has 0 aromatic heterocycles. The average Bonchev–Trinajstić information content (AvgIpc) is 2.74. The molecule has 0 fully saturated rings. The summed E-state index contributed by atoms with van der Waals surface area (Å²) in [6, 6.07) is 21.3. The van der Waals surface area contributed by atoms with Crippen molar-refractivity contribution in [3.63, 3.8) is 0 Å². The topological polar surface area (TPSA) is 79.8 Å². The minimum Gasteiger partial charge on any atom is -0.489 e. The number of carbonyl (C=O) groups is 2. The maximum atomic E-state index is 11.8. The summed E-state index contributed by atoms with van der Waals surface area (Å²) in [5.41, 5.74) is 4.55. The van der Waals surface area contributed by atoms with Gasteiger partial charge in [0.1, 0.15) is 18.8 Å². The summed E-state index contributed by atoms with van der Waals surface area (Å²) >= 11 is 12.0. The Kier molecular flexibility index (Phi) is 8.04. The van der Waals surface area contributed by atoms with Gasteiger partial charge in [-0.05, 0) is 54.1 Å². The van der Waals surface area contributed by atoms with Crippen molar-refractivity contribution >= 4 is 46.9 Å². The number of benzene rings is 3. The lowest BCUT2D eigenvalue weighted by molar-refractivity contribution is -0.126. The quantitative estimate of drug-likeness (QED) is 0.283. The van der Waals surface area contributed by atoms with Gasteiger partial charge in [-0.2, -0.15) is 5.10 Å². The molecule has 31 heavy (non-hydrogen) atoms. The highest BCUT2D eigenvalue weighted by atomic mass is 35.5. The van der Waals surface area contributed by atoms with Gasteiger partial charge in [0.2, 0.25) is 11.8 Å². The van der Waals surface area contributed by atoms with Crippen molar-refractivity contribution in [2.45, 2.75) is 13.0 Å². The summed E-state index contributed by atoms with van der Waals surface area (Å²) < 4.78 is 5.72. The fraction of sp³-hybridized carbons (Fsp3) is 0.0870. The van der Waals surface area contributed by atoms with Crippen molar-refractivity contribution in [2.75, 3.05) is 5.32 Å². The van der Waals surface area contributed by atoms with Gasteiger partial charge in [0, 0.05) is 21.3 Å². The first kappa shape index (κ1) is 22.3. The molecule has 0 saturated heterocycles. The molecule has 0 heterocycles. The standard InChI is InChI=1S/C23H19Cl2N3O3/c24-18-9-8-17(21(25)12-18)15-31-20-10-6-16(7-11-20)14-26-28-23(30)13-22(29)27-19-4-2-1-3-5-19/h1-12,14H,13,15H2,(H,27,29)(H,28,30). The van der Waals surface area contributed by atoms with E-state index in [9.17, 15) is 9.59 Å². The molecule has 8 heteroatoms. The van der Waals surface area contributed by atoms with E-state index in [2.05, 4.69) is 15.8 Å². The lowest BCUT2D eigenvalue weighted by Gasteiger charge is -2.08. The molecule has 6 nitrogen and oxygen atoms in total. The Hall–Kier alpha value is -3.35. The molecule has 0 unspecified atom stereocenters. The Morgan fingerprint density at radius 2 is 1.68 bits per heavy atom. The summed E-state index contributed by atoms with van der Waals surface area (Å²) in [5.74, 6) is -0.268. The van der Waals surface area contributed by atoms with Crippen LogP contribution in [0.3, 0.4) is 0 Å². The molecule has 0 bridgehead atoms. The van der Waals surface area contributed by atoms with Gasteiger partial charge in [0.05, 0.1) is 6.21 Å². The molecule has 0 radical (unpaired) electrons. The second kappa shape index (κ2) is 11.2. The zero-order valence-corrected chi connectivity index (χ0v) is 17.9. The molecule has 0 aliphatic carbocycles. The number of nitrogens with one attached hydrogen (secondary N) is 2. The number of amides is 2. The van der Waals surface area contributed by atoms with Gasteiger partial charge < -0.3 is 10.1 Å². The Labute approximate surface area is 189 Å². The summed E-state index contributed by atoms with van der Waals surface area (Å²) in [6.45, 7) is 0.310. The predicted octanol–water partition coefficient (Wildman–Crippen LogP) is 5.05. The van der Waals surface area contributed by atoms with E-state index in [1.165, 1.54) is 6.21 Å². The lowest BCUT2D eigenvalue weighted by atomic mass is 10.2. The van der Waals surface area contributed by atoms with E-state index in [1.807, 2.05) is 12.1 Å². The highest BCUT2D eigenvalue weighted by Gasteiger charge is 2.08. The summed E-state index contributed by atoms with van der Waals surface area (Å²) in [5, 5.41) is 7.62. The second-order valence-electron chi connectivity index (χ2n) is 6.48. The van der Waals surface area contributed by atoms with Gasteiger partial charge in [-0.3, -0.25) is 9.59 Å². The minimum atomic E-state index is -0.510. The van der Waals surface area contributed by atoms with Crippen LogP contribution in [-0.2, 0) is 16.2 Å². The van der Waals surface area contributed by atoms with E-state index in [1.54, 1.807) is 60.7 Å². The highest BCUT2D eigenvalue weighted by molar-refractivity contribution is 6.35. The molecule has 0 atom stereocenters. The normalized spacial score (nSPS) is 10.6. The molecule has 0 aliphatic heterocycles. The van der Waals surface area contributed by atoms with Gasteiger partial charge in [-0.1, -0.05) is 47.5 Å². The number of ether oxygens (including phenoxy) is 1. The zero-order chi connectivity index (χ0) is 22.1. The molecule has 0 aliphatic rings. The number of rotatable bonds is 8. The second-order valence-corrected chi connectivity index (χ2v) is 7.32. The smallest absolute Gasteiger partial charge is 0.249 e. The van der Waals surface area contributed by atoms with Crippen LogP contribution in [0.4, 0.5) is 5.69 Å². The average molecular weight is 456 g/mol. The summed E-state index contributed by atoms with van der Waals surface area (Å²) in [6.07, 6.45) is 1.15. The van der Waals surface area contributed by atoms with E-state index in [0.717, 1.165) is 11.1 Å². The van der Waals surface area contributed by atoms with Crippen LogP contribution in [0.1, 0.15) is 17.5 Å². The summed E-state index contributed by atoms with van der Waals surface area (Å²) in [4.78, 5) is 23.7. The van der Waals surface area contributed by atoms with Gasteiger partial charge in [-0.15, -0.1) is 0 Å². The van der Waals surface area contributed by atoms with E-state index in [-0.39, 0.29) is 6.42 Å². The first-order valence-corrected chi connectivity index (χ1v) is 10.1. The number of para-hydroxylation sites is 1. The number of hydrazone groups is 1. The molecule has 2 amide bonds. The maximum absolute atomic E-state index is 11.8. The van der Waals surface area contributed by atoms with Crippen LogP contribution >= 0.6 is 23.2 Å². The molecule has 3 aromatic rings. The van der Waals surface area contributed by atoms with Crippen molar-refractivity contribution in [3.8, 4) is 5.75 Å². The largest absolute Gasteiger partial charge is 0.489 e. The summed E-state index contributed by atoms with van der Waals surface area (Å²) in [7, 11) is 0. The molecule has 0 saturated carbocycles. The molecule has 3 rings (SSSR count). The molecule has 3 aromatic carbocycles. The number of anilines is 1. The molecular weight excluding hydrogens is 437 g/mol. The van der Waals surface area contributed by atoms with Crippen molar-refractivity contribution in [1.29, 1.82) is 0 Å². The Bertz CT molecular complexity index is 1070. The first-order valence-electron chi connectivity index (χ1n) is 9.33.